The minimum absolute atomic E-state index is 0.175. The van der Waals surface area contributed by atoms with E-state index in [1.807, 2.05) is 24.5 Å². The van der Waals surface area contributed by atoms with Gasteiger partial charge in [0.15, 0.2) is 5.82 Å². The smallest absolute Gasteiger partial charge is 0.229 e. The topological polar surface area (TPSA) is 106 Å². The van der Waals surface area contributed by atoms with E-state index in [0.29, 0.717) is 35.5 Å². The summed E-state index contributed by atoms with van der Waals surface area (Å²) < 4.78 is 28.2. The lowest BCUT2D eigenvalue weighted by Gasteiger charge is -2.15. The van der Waals surface area contributed by atoms with Crippen LogP contribution >= 0.6 is 23.5 Å². The van der Waals surface area contributed by atoms with Gasteiger partial charge in [-0.2, -0.15) is 4.98 Å². The van der Waals surface area contributed by atoms with Crippen molar-refractivity contribution in [1.82, 2.24) is 9.97 Å². The standard InChI is InChI=1S/C20H22ClFN6O2S/c1-29-12-3-6-17(18(10-12)28-31-2)25-19-14(21)11-24-20(27-19)26-16-5-4-13(9-15(16)22)30-8-7-23/h3-6,9-11,28H,7-8,23H2,1-2H3,(H2,24,25,26,27). The van der Waals surface area contributed by atoms with Gasteiger partial charge in [-0.05, 0) is 24.3 Å². The van der Waals surface area contributed by atoms with E-state index in [1.54, 1.807) is 13.2 Å². The van der Waals surface area contributed by atoms with Gasteiger partial charge in [0.25, 0.3) is 0 Å². The lowest BCUT2D eigenvalue weighted by atomic mass is 10.2. The molecule has 0 fully saturated rings. The van der Waals surface area contributed by atoms with Gasteiger partial charge in [0, 0.05) is 24.9 Å². The average molecular weight is 465 g/mol. The predicted molar refractivity (Wildman–Crippen MR) is 125 cm³/mol. The summed E-state index contributed by atoms with van der Waals surface area (Å²) in [4.78, 5) is 8.50. The zero-order chi connectivity index (χ0) is 22.2. The molecule has 31 heavy (non-hydrogen) atoms. The summed E-state index contributed by atoms with van der Waals surface area (Å²) in [7, 11) is 1.60. The van der Waals surface area contributed by atoms with Crippen molar-refractivity contribution in [3.8, 4) is 11.5 Å². The molecule has 0 unspecified atom stereocenters. The van der Waals surface area contributed by atoms with E-state index >= 15 is 0 Å². The van der Waals surface area contributed by atoms with Crippen LogP contribution in [0.3, 0.4) is 0 Å². The van der Waals surface area contributed by atoms with Gasteiger partial charge < -0.3 is 30.6 Å². The largest absolute Gasteiger partial charge is 0.497 e. The molecule has 0 atom stereocenters. The van der Waals surface area contributed by atoms with Crippen molar-refractivity contribution in [3.05, 3.63) is 53.4 Å². The molecule has 0 aliphatic rings. The Hall–Kier alpha value is -2.95. The molecule has 1 heterocycles. The number of benzene rings is 2. The molecule has 0 bridgehead atoms. The maximum atomic E-state index is 14.4. The number of nitrogens with two attached hydrogens (primary N) is 1. The predicted octanol–water partition coefficient (Wildman–Crippen LogP) is 4.79. The molecule has 0 saturated heterocycles. The number of halogens is 2. The van der Waals surface area contributed by atoms with Crippen LogP contribution in [0.2, 0.25) is 5.02 Å². The molecule has 5 N–H and O–H groups in total. The third-order valence-electron chi connectivity index (χ3n) is 4.01. The maximum absolute atomic E-state index is 14.4. The highest BCUT2D eigenvalue weighted by atomic mass is 35.5. The van der Waals surface area contributed by atoms with Crippen molar-refractivity contribution < 1.29 is 13.9 Å². The number of methoxy groups -OCH3 is 1. The van der Waals surface area contributed by atoms with Gasteiger partial charge in [-0.25, -0.2) is 9.37 Å². The fourth-order valence-electron chi connectivity index (χ4n) is 2.58. The second kappa shape index (κ2) is 10.9. The van der Waals surface area contributed by atoms with Crippen LogP contribution in [0.4, 0.5) is 33.2 Å². The van der Waals surface area contributed by atoms with Crippen molar-refractivity contribution >= 4 is 52.4 Å². The molecular weight excluding hydrogens is 443 g/mol. The lowest BCUT2D eigenvalue weighted by Crippen LogP contribution is -2.10. The Kier molecular flexibility index (Phi) is 7.99. The highest BCUT2D eigenvalue weighted by Crippen LogP contribution is 2.33. The molecule has 3 aromatic rings. The van der Waals surface area contributed by atoms with Crippen LogP contribution < -0.4 is 30.6 Å². The second-order valence-electron chi connectivity index (χ2n) is 6.14. The van der Waals surface area contributed by atoms with Gasteiger partial charge in [-0.1, -0.05) is 23.5 Å². The zero-order valence-corrected chi connectivity index (χ0v) is 18.5. The first-order valence-corrected chi connectivity index (χ1v) is 10.8. The molecule has 3 rings (SSSR count). The maximum Gasteiger partial charge on any atom is 0.229 e. The van der Waals surface area contributed by atoms with Crippen LogP contribution in [0.5, 0.6) is 11.5 Å². The molecular formula is C20H22ClFN6O2S. The second-order valence-corrected chi connectivity index (χ2v) is 7.16. The number of hydrogen-bond donors (Lipinski definition) is 4. The normalized spacial score (nSPS) is 10.5. The minimum atomic E-state index is -0.510. The van der Waals surface area contributed by atoms with Crippen LogP contribution in [-0.2, 0) is 0 Å². The van der Waals surface area contributed by atoms with E-state index in [1.165, 1.54) is 30.3 Å². The van der Waals surface area contributed by atoms with Crippen molar-refractivity contribution in [2.45, 2.75) is 0 Å². The van der Waals surface area contributed by atoms with E-state index in [9.17, 15) is 4.39 Å². The number of nitrogens with one attached hydrogen (secondary N) is 3. The van der Waals surface area contributed by atoms with Gasteiger partial charge in [0.1, 0.15) is 28.9 Å². The number of aromatic nitrogens is 2. The first-order valence-electron chi connectivity index (χ1n) is 9.20. The average Bonchev–Trinajstić information content (AvgIpc) is 2.77. The van der Waals surface area contributed by atoms with E-state index in [2.05, 4.69) is 25.3 Å². The quantitative estimate of drug-likeness (QED) is 0.315. The van der Waals surface area contributed by atoms with Crippen LogP contribution in [0.25, 0.3) is 0 Å². The summed E-state index contributed by atoms with van der Waals surface area (Å²) in [5, 5.41) is 6.33. The summed E-state index contributed by atoms with van der Waals surface area (Å²) in [6, 6.07) is 9.93. The van der Waals surface area contributed by atoms with Crippen molar-refractivity contribution in [1.29, 1.82) is 0 Å². The lowest BCUT2D eigenvalue weighted by molar-refractivity contribution is 0.326. The third-order valence-corrected chi connectivity index (χ3v) is 4.71. The molecule has 164 valence electrons. The Morgan fingerprint density at radius 2 is 1.87 bits per heavy atom. The van der Waals surface area contributed by atoms with Crippen molar-refractivity contribution in [2.24, 2.45) is 5.73 Å². The first kappa shape index (κ1) is 22.7. The highest BCUT2D eigenvalue weighted by Gasteiger charge is 2.12. The Morgan fingerprint density at radius 3 is 2.58 bits per heavy atom. The highest BCUT2D eigenvalue weighted by molar-refractivity contribution is 7.99. The fraction of sp³-hybridized carbons (Fsp3) is 0.200. The summed E-state index contributed by atoms with van der Waals surface area (Å²) >= 11 is 7.70. The third kappa shape index (κ3) is 6.03. The number of ether oxygens (including phenoxy) is 2. The SMILES string of the molecule is COc1ccc(Nc2nc(Nc3ccc(OCCN)cc3F)ncc2Cl)c(NSC)c1. The monoisotopic (exact) mass is 464 g/mol. The van der Waals surface area contributed by atoms with Crippen LogP contribution in [0, 0.1) is 5.82 Å². The van der Waals surface area contributed by atoms with Gasteiger partial charge >= 0.3 is 0 Å². The summed E-state index contributed by atoms with van der Waals surface area (Å²) in [6.07, 6.45) is 3.34. The molecule has 0 aliphatic carbocycles. The molecule has 1 aromatic heterocycles. The zero-order valence-electron chi connectivity index (χ0n) is 16.9. The van der Waals surface area contributed by atoms with Crippen LogP contribution in [0.15, 0.2) is 42.6 Å². The Bertz CT molecular complexity index is 1040. The van der Waals surface area contributed by atoms with Crippen LogP contribution in [-0.4, -0.2) is 36.5 Å². The van der Waals surface area contributed by atoms with Gasteiger partial charge in [0.2, 0.25) is 5.95 Å². The Labute approximate surface area is 188 Å². The summed E-state index contributed by atoms with van der Waals surface area (Å²) in [6.45, 7) is 0.651. The number of anilines is 5. The number of nitrogens with zero attached hydrogens (tertiary/aromatic N) is 2. The number of rotatable bonds is 10. The van der Waals surface area contributed by atoms with Gasteiger partial charge in [-0.3, -0.25) is 0 Å². The summed E-state index contributed by atoms with van der Waals surface area (Å²) in [5.74, 6) is 1.11. The Balaban J connectivity index is 1.81. The molecule has 0 saturated carbocycles. The first-order chi connectivity index (χ1) is 15.0. The van der Waals surface area contributed by atoms with E-state index in [4.69, 9.17) is 26.8 Å². The van der Waals surface area contributed by atoms with E-state index in [-0.39, 0.29) is 11.6 Å². The van der Waals surface area contributed by atoms with Crippen molar-refractivity contribution in [3.63, 3.8) is 0 Å². The molecule has 0 radical (unpaired) electrons. The Morgan fingerprint density at radius 1 is 1.10 bits per heavy atom. The van der Waals surface area contributed by atoms with Gasteiger partial charge in [0.05, 0.1) is 30.4 Å². The molecule has 8 nitrogen and oxygen atoms in total. The molecule has 0 aliphatic heterocycles. The van der Waals surface area contributed by atoms with Crippen LogP contribution in [0.1, 0.15) is 0 Å². The van der Waals surface area contributed by atoms with E-state index in [0.717, 1.165) is 11.4 Å². The number of hydrogen-bond acceptors (Lipinski definition) is 9. The van der Waals surface area contributed by atoms with Gasteiger partial charge in [-0.15, -0.1) is 0 Å². The molecule has 2 aromatic carbocycles. The van der Waals surface area contributed by atoms with E-state index < -0.39 is 5.82 Å². The molecule has 11 heteroatoms. The summed E-state index contributed by atoms with van der Waals surface area (Å²) in [5.41, 5.74) is 7.11. The molecule has 0 amide bonds. The fourth-order valence-corrected chi connectivity index (χ4v) is 3.11. The van der Waals surface area contributed by atoms with Crippen molar-refractivity contribution in [2.75, 3.05) is 41.9 Å². The minimum Gasteiger partial charge on any atom is -0.497 e. The molecule has 0 spiro atoms.